The van der Waals surface area contributed by atoms with E-state index in [4.69, 9.17) is 10.5 Å². The van der Waals surface area contributed by atoms with Gasteiger partial charge in [0.25, 0.3) is 0 Å². The van der Waals surface area contributed by atoms with Gasteiger partial charge in [0, 0.05) is 26.3 Å². The molecule has 0 radical (unpaired) electrons. The second-order valence-electron chi connectivity index (χ2n) is 5.29. The van der Waals surface area contributed by atoms with Crippen LogP contribution in [-0.2, 0) is 9.53 Å². The van der Waals surface area contributed by atoms with Gasteiger partial charge in [-0.15, -0.1) is 0 Å². The minimum atomic E-state index is -0.365. The Labute approximate surface area is 111 Å². The Morgan fingerprint density at radius 3 is 2.44 bits per heavy atom. The van der Waals surface area contributed by atoms with Gasteiger partial charge in [0.15, 0.2) is 0 Å². The van der Waals surface area contributed by atoms with Crippen LogP contribution in [0, 0.1) is 11.3 Å². The highest BCUT2D eigenvalue weighted by Crippen LogP contribution is 2.25. The number of carbonyl (C=O) groups excluding carboxylic acids is 1. The van der Waals surface area contributed by atoms with Gasteiger partial charge in [-0.25, -0.2) is 0 Å². The molecule has 1 aliphatic heterocycles. The molecule has 106 valence electrons. The summed E-state index contributed by atoms with van der Waals surface area (Å²) in [6, 6.07) is 0. The maximum Gasteiger partial charge on any atom is 0.227 e. The molecule has 0 saturated carbocycles. The van der Waals surface area contributed by atoms with E-state index < -0.39 is 0 Å². The fourth-order valence-electron chi connectivity index (χ4n) is 2.56. The molecule has 3 N–H and O–H groups in total. The van der Waals surface area contributed by atoms with Crippen molar-refractivity contribution in [3.63, 3.8) is 0 Å². The summed E-state index contributed by atoms with van der Waals surface area (Å²) >= 11 is 0. The molecular weight excluding hydrogens is 228 g/mol. The molecule has 18 heavy (non-hydrogen) atoms. The molecule has 1 fully saturated rings. The van der Waals surface area contributed by atoms with E-state index in [-0.39, 0.29) is 11.3 Å². The SMILES string of the molecule is CCC(CC)(CN)C(=O)NCCC1CCOCC1. The normalized spacial score (nSPS) is 17.7. The number of nitrogens with two attached hydrogens (primary N) is 1. The van der Waals surface area contributed by atoms with E-state index in [1.165, 1.54) is 0 Å². The molecule has 1 saturated heterocycles. The van der Waals surface area contributed by atoms with Gasteiger partial charge in [0.05, 0.1) is 5.41 Å². The van der Waals surface area contributed by atoms with Crippen LogP contribution in [0.15, 0.2) is 0 Å². The fourth-order valence-corrected chi connectivity index (χ4v) is 2.56. The summed E-state index contributed by atoms with van der Waals surface area (Å²) in [7, 11) is 0. The Morgan fingerprint density at radius 2 is 1.94 bits per heavy atom. The highest BCUT2D eigenvalue weighted by Gasteiger charge is 2.32. The van der Waals surface area contributed by atoms with Crippen molar-refractivity contribution in [3.05, 3.63) is 0 Å². The molecule has 1 amide bonds. The molecule has 0 spiro atoms. The van der Waals surface area contributed by atoms with Crippen LogP contribution in [-0.4, -0.2) is 32.2 Å². The molecule has 0 aliphatic carbocycles. The van der Waals surface area contributed by atoms with E-state index in [2.05, 4.69) is 5.32 Å². The summed E-state index contributed by atoms with van der Waals surface area (Å²) in [4.78, 5) is 12.2. The van der Waals surface area contributed by atoms with Crippen molar-refractivity contribution >= 4 is 5.91 Å². The largest absolute Gasteiger partial charge is 0.381 e. The minimum absolute atomic E-state index is 0.127. The number of amides is 1. The van der Waals surface area contributed by atoms with Crippen molar-refractivity contribution in [3.8, 4) is 0 Å². The van der Waals surface area contributed by atoms with Crippen molar-refractivity contribution in [2.75, 3.05) is 26.3 Å². The summed E-state index contributed by atoms with van der Waals surface area (Å²) in [6.07, 6.45) is 4.92. The van der Waals surface area contributed by atoms with E-state index in [1.807, 2.05) is 13.8 Å². The lowest BCUT2D eigenvalue weighted by Crippen LogP contribution is -2.45. The Morgan fingerprint density at radius 1 is 1.33 bits per heavy atom. The second kappa shape index (κ2) is 7.74. The van der Waals surface area contributed by atoms with Crippen LogP contribution in [0.25, 0.3) is 0 Å². The first kappa shape index (κ1) is 15.4. The van der Waals surface area contributed by atoms with E-state index >= 15 is 0 Å². The average Bonchev–Trinajstić information content (AvgIpc) is 2.42. The molecule has 4 heteroatoms. The van der Waals surface area contributed by atoms with Crippen molar-refractivity contribution in [2.45, 2.75) is 46.0 Å². The van der Waals surface area contributed by atoms with Gasteiger partial charge in [0.1, 0.15) is 0 Å². The molecule has 0 aromatic carbocycles. The van der Waals surface area contributed by atoms with Crippen molar-refractivity contribution < 1.29 is 9.53 Å². The lowest BCUT2D eigenvalue weighted by molar-refractivity contribution is -0.131. The molecule has 0 atom stereocenters. The number of rotatable bonds is 7. The van der Waals surface area contributed by atoms with Gasteiger partial charge in [0.2, 0.25) is 5.91 Å². The molecule has 0 bridgehead atoms. The van der Waals surface area contributed by atoms with Gasteiger partial charge in [-0.05, 0) is 38.0 Å². The van der Waals surface area contributed by atoms with Gasteiger partial charge < -0.3 is 15.8 Å². The average molecular weight is 256 g/mol. The Hall–Kier alpha value is -0.610. The third-order valence-electron chi connectivity index (χ3n) is 4.40. The molecule has 0 aromatic heterocycles. The highest BCUT2D eigenvalue weighted by atomic mass is 16.5. The number of nitrogens with one attached hydrogen (secondary N) is 1. The van der Waals surface area contributed by atoms with Crippen molar-refractivity contribution in [1.29, 1.82) is 0 Å². The lowest BCUT2D eigenvalue weighted by Gasteiger charge is -2.29. The maximum atomic E-state index is 12.2. The second-order valence-corrected chi connectivity index (χ2v) is 5.29. The topological polar surface area (TPSA) is 64.4 Å². The zero-order valence-corrected chi connectivity index (χ0v) is 11.8. The first-order valence-corrected chi connectivity index (χ1v) is 7.24. The molecule has 4 nitrogen and oxygen atoms in total. The van der Waals surface area contributed by atoms with Gasteiger partial charge in [-0.2, -0.15) is 0 Å². The Bertz CT molecular complexity index is 238. The van der Waals surface area contributed by atoms with Gasteiger partial charge >= 0.3 is 0 Å². The monoisotopic (exact) mass is 256 g/mol. The number of carbonyl (C=O) groups is 1. The lowest BCUT2D eigenvalue weighted by atomic mass is 9.81. The molecular formula is C14H28N2O2. The minimum Gasteiger partial charge on any atom is -0.381 e. The van der Waals surface area contributed by atoms with Crippen LogP contribution in [0.5, 0.6) is 0 Å². The van der Waals surface area contributed by atoms with Crippen molar-refractivity contribution in [1.82, 2.24) is 5.32 Å². The summed E-state index contributed by atoms with van der Waals surface area (Å²) in [6.45, 7) is 7.02. The van der Waals surface area contributed by atoms with Crippen LogP contribution in [0.3, 0.4) is 0 Å². The molecule has 0 aromatic rings. The predicted octanol–water partition coefficient (Wildman–Crippen LogP) is 1.68. The Balaban J connectivity index is 2.30. The fraction of sp³-hybridized carbons (Fsp3) is 0.929. The van der Waals surface area contributed by atoms with Crippen LogP contribution < -0.4 is 11.1 Å². The Kier molecular flexibility index (Phi) is 6.65. The zero-order valence-electron chi connectivity index (χ0n) is 11.8. The highest BCUT2D eigenvalue weighted by molar-refractivity contribution is 5.82. The number of hydrogen-bond donors (Lipinski definition) is 2. The summed E-state index contributed by atoms with van der Waals surface area (Å²) < 4.78 is 5.33. The predicted molar refractivity (Wildman–Crippen MR) is 73.2 cm³/mol. The van der Waals surface area contributed by atoms with E-state index in [0.717, 1.165) is 51.9 Å². The molecule has 1 aliphatic rings. The quantitative estimate of drug-likeness (QED) is 0.728. The number of ether oxygens (including phenoxy) is 1. The van der Waals surface area contributed by atoms with Crippen LogP contribution in [0.1, 0.15) is 46.0 Å². The van der Waals surface area contributed by atoms with Crippen molar-refractivity contribution in [2.24, 2.45) is 17.1 Å². The van der Waals surface area contributed by atoms with Gasteiger partial charge in [-0.1, -0.05) is 13.8 Å². The standard InChI is InChI=1S/C14H28N2O2/c1-3-14(4-2,11-15)13(17)16-8-5-12-6-9-18-10-7-12/h12H,3-11,15H2,1-2H3,(H,16,17). The number of hydrogen-bond acceptors (Lipinski definition) is 3. The summed E-state index contributed by atoms with van der Waals surface area (Å²) in [5, 5.41) is 3.06. The molecule has 0 unspecified atom stereocenters. The van der Waals surface area contributed by atoms with Crippen LogP contribution >= 0.6 is 0 Å². The van der Waals surface area contributed by atoms with E-state index in [9.17, 15) is 4.79 Å². The summed E-state index contributed by atoms with van der Waals surface area (Å²) in [5.41, 5.74) is 5.40. The smallest absolute Gasteiger partial charge is 0.227 e. The maximum absolute atomic E-state index is 12.2. The van der Waals surface area contributed by atoms with Crippen LogP contribution in [0.4, 0.5) is 0 Å². The third kappa shape index (κ3) is 3.95. The summed E-state index contributed by atoms with van der Waals surface area (Å²) in [5.74, 6) is 0.830. The van der Waals surface area contributed by atoms with Crippen LogP contribution in [0.2, 0.25) is 0 Å². The molecule has 1 rings (SSSR count). The third-order valence-corrected chi connectivity index (χ3v) is 4.40. The molecule has 1 heterocycles. The van der Waals surface area contributed by atoms with E-state index in [1.54, 1.807) is 0 Å². The zero-order chi connectivity index (χ0) is 13.4. The van der Waals surface area contributed by atoms with Gasteiger partial charge in [-0.3, -0.25) is 4.79 Å². The first-order valence-electron chi connectivity index (χ1n) is 7.24. The van der Waals surface area contributed by atoms with E-state index in [0.29, 0.717) is 12.5 Å². The first-order chi connectivity index (χ1) is 8.68.